The summed E-state index contributed by atoms with van der Waals surface area (Å²) in [5, 5.41) is 11.5. The number of aliphatic hydroxyl groups excluding tert-OH is 1. The molecule has 0 aromatic carbocycles. The van der Waals surface area contributed by atoms with E-state index >= 15 is 0 Å². The molecule has 2 aliphatic heterocycles. The summed E-state index contributed by atoms with van der Waals surface area (Å²) in [6.07, 6.45) is 8.26. The second-order valence-electron chi connectivity index (χ2n) is 11.9. The van der Waals surface area contributed by atoms with Gasteiger partial charge in [-0.05, 0) is 68.9 Å². The molecule has 1 saturated heterocycles. The second-order valence-corrected chi connectivity index (χ2v) is 11.9. The van der Waals surface area contributed by atoms with Gasteiger partial charge in [-0.3, -0.25) is 4.79 Å². The average molecular weight is 441 g/mol. The average Bonchev–Trinajstić information content (AvgIpc) is 3.11. The lowest BCUT2D eigenvalue weighted by atomic mass is 9.38. The Kier molecular flexibility index (Phi) is 3.72. The molecule has 6 rings (SSSR count). The number of esters is 1. The Morgan fingerprint density at radius 3 is 2.56 bits per heavy atom. The molecule has 9 unspecified atom stereocenters. The van der Waals surface area contributed by atoms with E-state index in [1.165, 1.54) is 6.08 Å². The van der Waals surface area contributed by atoms with Gasteiger partial charge in [0, 0.05) is 17.4 Å². The van der Waals surface area contributed by atoms with E-state index in [2.05, 4.69) is 13.8 Å². The summed E-state index contributed by atoms with van der Waals surface area (Å²) < 4.78 is 17.6. The first-order valence-corrected chi connectivity index (χ1v) is 11.8. The molecule has 1 aromatic rings. The smallest absolute Gasteiger partial charge is 0.330 e. The lowest BCUT2D eigenvalue weighted by molar-refractivity contribution is -0.216. The zero-order chi connectivity index (χ0) is 22.9. The molecule has 6 heteroatoms. The van der Waals surface area contributed by atoms with Crippen LogP contribution >= 0.6 is 0 Å². The van der Waals surface area contributed by atoms with Crippen LogP contribution in [0.5, 0.6) is 0 Å². The van der Waals surface area contributed by atoms with Crippen LogP contribution in [0.15, 0.2) is 35.2 Å². The van der Waals surface area contributed by atoms with Crippen molar-refractivity contribution in [3.63, 3.8) is 0 Å². The molecule has 9 atom stereocenters. The number of hydrogen-bond acceptors (Lipinski definition) is 6. The predicted molar refractivity (Wildman–Crippen MR) is 115 cm³/mol. The first-order chi connectivity index (χ1) is 14.9. The highest BCUT2D eigenvalue weighted by Gasteiger charge is 2.87. The Bertz CT molecular complexity index is 1040. The Morgan fingerprint density at radius 2 is 1.88 bits per heavy atom. The number of furan rings is 1. The molecule has 32 heavy (non-hydrogen) atoms. The van der Waals surface area contributed by atoms with Crippen molar-refractivity contribution < 1.29 is 28.6 Å². The van der Waals surface area contributed by atoms with E-state index in [4.69, 9.17) is 13.9 Å². The van der Waals surface area contributed by atoms with Crippen LogP contribution in [-0.2, 0) is 19.1 Å². The topological polar surface area (TPSA) is 89.3 Å². The van der Waals surface area contributed by atoms with Gasteiger partial charge >= 0.3 is 5.97 Å². The Hall–Kier alpha value is -1.92. The van der Waals surface area contributed by atoms with Crippen molar-refractivity contribution in [1.29, 1.82) is 0 Å². The number of carbonyl (C=O) groups excluding carboxylic acids is 2. The number of Topliss-reactive ketones (excluding diaryl/α,β-unsaturated/α-hetero) is 1. The van der Waals surface area contributed by atoms with Crippen LogP contribution in [0.1, 0.15) is 65.4 Å². The number of fused-ring (bicyclic) bond motifs is 3. The molecule has 5 aliphatic rings. The third-order valence-corrected chi connectivity index (χ3v) is 10.4. The largest absolute Gasteiger partial charge is 0.472 e. The molecule has 3 heterocycles. The van der Waals surface area contributed by atoms with Gasteiger partial charge in [0.25, 0.3) is 0 Å². The highest BCUT2D eigenvalue weighted by molar-refractivity contribution is 5.93. The molecule has 3 saturated carbocycles. The fourth-order valence-corrected chi connectivity index (χ4v) is 9.28. The summed E-state index contributed by atoms with van der Waals surface area (Å²) in [4.78, 5) is 26.5. The second kappa shape index (κ2) is 5.76. The minimum atomic E-state index is -1.23. The van der Waals surface area contributed by atoms with E-state index < -0.39 is 40.0 Å². The number of carbonyl (C=O) groups is 2. The summed E-state index contributed by atoms with van der Waals surface area (Å²) in [5.74, 6) is -0.924. The number of epoxide rings is 1. The van der Waals surface area contributed by atoms with Crippen molar-refractivity contribution in [2.45, 2.75) is 83.2 Å². The zero-order valence-corrected chi connectivity index (χ0v) is 19.4. The van der Waals surface area contributed by atoms with E-state index in [0.717, 1.165) is 24.8 Å². The van der Waals surface area contributed by atoms with Crippen LogP contribution in [-0.4, -0.2) is 40.3 Å². The van der Waals surface area contributed by atoms with Gasteiger partial charge in [-0.25, -0.2) is 4.79 Å². The zero-order valence-electron chi connectivity index (χ0n) is 19.4. The maximum absolute atomic E-state index is 14.2. The molecule has 3 aliphatic carbocycles. The van der Waals surface area contributed by atoms with Crippen molar-refractivity contribution >= 4 is 11.8 Å². The van der Waals surface area contributed by atoms with E-state index in [1.807, 2.05) is 39.2 Å². The van der Waals surface area contributed by atoms with Gasteiger partial charge in [0.2, 0.25) is 0 Å². The number of allylic oxidation sites excluding steroid dienone is 1. The summed E-state index contributed by atoms with van der Waals surface area (Å²) >= 11 is 0. The van der Waals surface area contributed by atoms with Gasteiger partial charge in [-0.2, -0.15) is 0 Å². The Morgan fingerprint density at radius 1 is 1.12 bits per heavy atom. The summed E-state index contributed by atoms with van der Waals surface area (Å²) in [6.45, 7) is 9.99. The van der Waals surface area contributed by atoms with Gasteiger partial charge in [0.1, 0.15) is 17.3 Å². The van der Waals surface area contributed by atoms with E-state index in [-0.39, 0.29) is 29.1 Å². The van der Waals surface area contributed by atoms with Crippen LogP contribution in [0.4, 0.5) is 0 Å². The molecule has 172 valence electrons. The summed E-state index contributed by atoms with van der Waals surface area (Å²) in [7, 11) is 0. The van der Waals surface area contributed by atoms with Crippen molar-refractivity contribution in [1.82, 2.24) is 0 Å². The van der Waals surface area contributed by atoms with E-state index in [0.29, 0.717) is 0 Å². The van der Waals surface area contributed by atoms with E-state index in [9.17, 15) is 14.7 Å². The monoisotopic (exact) mass is 440 g/mol. The Labute approximate surface area is 188 Å². The third-order valence-electron chi connectivity index (χ3n) is 10.4. The number of hydrogen-bond donors (Lipinski definition) is 1. The van der Waals surface area contributed by atoms with Crippen LogP contribution in [0.25, 0.3) is 0 Å². The van der Waals surface area contributed by atoms with E-state index in [1.54, 1.807) is 6.26 Å². The first kappa shape index (κ1) is 20.7. The standard InChI is InChI=1S/C26H32O6/c1-22(2)20-19(28)21(29)25(5)16(23(20,3)9-7-18(27)32-22)6-10-24(4)15(14-8-11-30-13-14)12-17-26(24,25)31-17/h7-9,11,13,15-17,19-20,28H,6,10,12H2,1-5H3. The fourth-order valence-electron chi connectivity index (χ4n) is 9.28. The predicted octanol–water partition coefficient (Wildman–Crippen LogP) is 3.78. The summed E-state index contributed by atoms with van der Waals surface area (Å²) in [5.41, 5.74) is -2.11. The molecule has 1 aromatic heterocycles. The SMILES string of the molecule is CC1(C)OC(=O)C=CC2(C)C1C(O)C(=O)C1(C)C2CCC2(C)C(c3ccoc3)CC3OC321. The maximum atomic E-state index is 14.2. The highest BCUT2D eigenvalue weighted by Crippen LogP contribution is 2.81. The molecule has 0 radical (unpaired) electrons. The third kappa shape index (κ3) is 2.02. The molecule has 0 amide bonds. The lowest BCUT2D eigenvalue weighted by Crippen LogP contribution is -2.72. The lowest BCUT2D eigenvalue weighted by Gasteiger charge is -2.64. The van der Waals surface area contributed by atoms with Gasteiger partial charge < -0.3 is 19.0 Å². The van der Waals surface area contributed by atoms with Crippen molar-refractivity contribution in [2.75, 3.05) is 0 Å². The van der Waals surface area contributed by atoms with Gasteiger partial charge in [0.05, 0.1) is 24.0 Å². The number of ether oxygens (including phenoxy) is 2. The minimum absolute atomic E-state index is 0.0165. The number of ketones is 1. The normalized spacial score (nSPS) is 52.9. The molecule has 0 bridgehead atoms. The maximum Gasteiger partial charge on any atom is 0.330 e. The molecule has 1 N–H and O–H groups in total. The van der Waals surface area contributed by atoms with Crippen LogP contribution in [0, 0.1) is 28.1 Å². The molecular formula is C26H32O6. The first-order valence-electron chi connectivity index (χ1n) is 11.8. The summed E-state index contributed by atoms with van der Waals surface area (Å²) in [6, 6.07) is 2.02. The highest BCUT2D eigenvalue weighted by atomic mass is 16.6. The Balaban J connectivity index is 1.52. The van der Waals surface area contributed by atoms with Crippen molar-refractivity contribution in [2.24, 2.45) is 28.1 Å². The number of cyclic esters (lactones) is 1. The van der Waals surface area contributed by atoms with Crippen molar-refractivity contribution in [3.8, 4) is 0 Å². The minimum Gasteiger partial charge on any atom is -0.472 e. The van der Waals surface area contributed by atoms with Crippen LogP contribution < -0.4 is 0 Å². The van der Waals surface area contributed by atoms with Crippen molar-refractivity contribution in [3.05, 3.63) is 36.3 Å². The van der Waals surface area contributed by atoms with Crippen LogP contribution in [0.3, 0.4) is 0 Å². The quantitative estimate of drug-likeness (QED) is 0.528. The molecule has 4 fully saturated rings. The van der Waals surface area contributed by atoms with Crippen LogP contribution in [0.2, 0.25) is 0 Å². The van der Waals surface area contributed by atoms with Gasteiger partial charge in [0.15, 0.2) is 5.78 Å². The molecular weight excluding hydrogens is 408 g/mol. The number of rotatable bonds is 1. The fraction of sp³-hybridized carbons (Fsp3) is 0.692. The molecule has 6 nitrogen and oxygen atoms in total. The van der Waals surface area contributed by atoms with Gasteiger partial charge in [-0.1, -0.05) is 19.9 Å². The molecule has 1 spiro atoms. The number of aliphatic hydroxyl groups is 1. The van der Waals surface area contributed by atoms with Gasteiger partial charge in [-0.15, -0.1) is 0 Å².